The molecular weight excluding hydrogens is 134 g/mol. The van der Waals surface area contributed by atoms with Gasteiger partial charge in [0.2, 0.25) is 0 Å². The molecule has 58 valence electrons. The molecule has 1 heteroatoms. The van der Waals surface area contributed by atoms with Crippen LogP contribution in [0.15, 0.2) is 48.5 Å². The summed E-state index contributed by atoms with van der Waals surface area (Å²) in [5.41, 5.74) is 2.48. The van der Waals surface area contributed by atoms with Crippen molar-refractivity contribution >= 4 is 0 Å². The summed E-state index contributed by atoms with van der Waals surface area (Å²) in [4.78, 5) is 2.01. The Kier molecular flexibility index (Phi) is 2.32. The highest BCUT2D eigenvalue weighted by Crippen LogP contribution is 2.19. The van der Waals surface area contributed by atoms with Crippen LogP contribution in [0.1, 0.15) is 13.8 Å². The molecule has 0 bridgehead atoms. The average Bonchev–Trinajstić information content (AvgIpc) is 2.04. The molecular formula is C10H13N. The van der Waals surface area contributed by atoms with Crippen LogP contribution >= 0.6 is 0 Å². The predicted molar refractivity (Wildman–Crippen MR) is 48.7 cm³/mol. The Morgan fingerprint density at radius 2 is 2.27 bits per heavy atom. The summed E-state index contributed by atoms with van der Waals surface area (Å²) in [6.45, 7) is 7.85. The normalized spacial score (nSPS) is 20.4. The van der Waals surface area contributed by atoms with Crippen LogP contribution < -0.4 is 0 Å². The van der Waals surface area contributed by atoms with Crippen molar-refractivity contribution in [3.05, 3.63) is 48.5 Å². The van der Waals surface area contributed by atoms with Gasteiger partial charge in [0.25, 0.3) is 0 Å². The van der Waals surface area contributed by atoms with Crippen LogP contribution in [0.5, 0.6) is 0 Å². The maximum absolute atomic E-state index is 3.72. The smallest absolute Gasteiger partial charge is 0.0435 e. The van der Waals surface area contributed by atoms with E-state index >= 15 is 0 Å². The van der Waals surface area contributed by atoms with E-state index in [0.717, 1.165) is 0 Å². The van der Waals surface area contributed by atoms with E-state index in [2.05, 4.69) is 25.7 Å². The standard InChI is InChI=1S/C10H13N/c1-4-10-9(3)7-6-8-11(10)5-2/h4-8H,2H2,1,3H3/b10-4-. The van der Waals surface area contributed by atoms with E-state index in [0.29, 0.717) is 0 Å². The minimum Gasteiger partial charge on any atom is -0.325 e. The molecule has 0 atom stereocenters. The van der Waals surface area contributed by atoms with E-state index in [-0.39, 0.29) is 0 Å². The summed E-state index contributed by atoms with van der Waals surface area (Å²) in [7, 11) is 0. The van der Waals surface area contributed by atoms with E-state index < -0.39 is 0 Å². The molecule has 0 unspecified atom stereocenters. The van der Waals surface area contributed by atoms with Crippen LogP contribution in [0.25, 0.3) is 0 Å². The Hall–Kier alpha value is -1.24. The van der Waals surface area contributed by atoms with Gasteiger partial charge >= 0.3 is 0 Å². The van der Waals surface area contributed by atoms with Crippen LogP contribution in [-0.2, 0) is 0 Å². The SMILES string of the molecule is C=CN1C=CC=C(C)/C1=C/C. The lowest BCUT2D eigenvalue weighted by molar-refractivity contribution is 0.633. The monoisotopic (exact) mass is 147 g/mol. The van der Waals surface area contributed by atoms with E-state index in [1.807, 2.05) is 30.3 Å². The van der Waals surface area contributed by atoms with Gasteiger partial charge in [0.15, 0.2) is 0 Å². The molecule has 0 saturated heterocycles. The minimum absolute atomic E-state index is 1.21. The van der Waals surface area contributed by atoms with E-state index in [1.165, 1.54) is 11.3 Å². The van der Waals surface area contributed by atoms with Crippen LogP contribution in [-0.4, -0.2) is 4.90 Å². The zero-order valence-corrected chi connectivity index (χ0v) is 7.04. The van der Waals surface area contributed by atoms with Crippen LogP contribution in [0.3, 0.4) is 0 Å². The summed E-state index contributed by atoms with van der Waals surface area (Å²) in [6.07, 6.45) is 9.99. The van der Waals surface area contributed by atoms with Gasteiger partial charge < -0.3 is 4.90 Å². The van der Waals surface area contributed by atoms with Crippen molar-refractivity contribution in [1.82, 2.24) is 4.90 Å². The first kappa shape index (κ1) is 7.86. The van der Waals surface area contributed by atoms with E-state index in [9.17, 15) is 0 Å². The Balaban J connectivity index is 2.97. The van der Waals surface area contributed by atoms with Crippen molar-refractivity contribution in [3.63, 3.8) is 0 Å². The Bertz CT molecular complexity index is 244. The second-order valence-electron chi connectivity index (χ2n) is 2.45. The third-order valence-corrected chi connectivity index (χ3v) is 1.75. The van der Waals surface area contributed by atoms with Gasteiger partial charge in [0.05, 0.1) is 0 Å². The Morgan fingerprint density at radius 1 is 1.55 bits per heavy atom. The maximum atomic E-state index is 3.72. The average molecular weight is 147 g/mol. The predicted octanol–water partition coefficient (Wildman–Crippen LogP) is 2.81. The van der Waals surface area contributed by atoms with Gasteiger partial charge in [-0.15, -0.1) is 0 Å². The van der Waals surface area contributed by atoms with Gasteiger partial charge in [-0.25, -0.2) is 0 Å². The van der Waals surface area contributed by atoms with Crippen molar-refractivity contribution in [2.24, 2.45) is 0 Å². The molecule has 0 fully saturated rings. The molecule has 1 rings (SSSR count). The Morgan fingerprint density at radius 3 is 2.73 bits per heavy atom. The van der Waals surface area contributed by atoms with Gasteiger partial charge in [-0.3, -0.25) is 0 Å². The molecule has 1 heterocycles. The molecule has 0 aromatic heterocycles. The number of hydrogen-bond acceptors (Lipinski definition) is 1. The fourth-order valence-electron chi connectivity index (χ4n) is 1.19. The number of nitrogens with zero attached hydrogens (tertiary/aromatic N) is 1. The minimum atomic E-state index is 1.21. The molecule has 0 saturated carbocycles. The third-order valence-electron chi connectivity index (χ3n) is 1.75. The summed E-state index contributed by atoms with van der Waals surface area (Å²) in [6, 6.07) is 0. The topological polar surface area (TPSA) is 3.24 Å². The fraction of sp³-hybridized carbons (Fsp3) is 0.200. The molecule has 0 aliphatic carbocycles. The molecule has 0 spiro atoms. The molecule has 0 radical (unpaired) electrons. The highest BCUT2D eigenvalue weighted by Gasteiger charge is 2.05. The van der Waals surface area contributed by atoms with Crippen molar-refractivity contribution in [2.45, 2.75) is 13.8 Å². The number of allylic oxidation sites excluding steroid dienone is 4. The molecule has 0 aromatic rings. The first-order valence-electron chi connectivity index (χ1n) is 3.72. The van der Waals surface area contributed by atoms with Crippen molar-refractivity contribution in [3.8, 4) is 0 Å². The first-order valence-corrected chi connectivity index (χ1v) is 3.72. The lowest BCUT2D eigenvalue weighted by atomic mass is 10.1. The van der Waals surface area contributed by atoms with E-state index in [1.54, 1.807) is 0 Å². The Labute approximate surface area is 68.0 Å². The summed E-state index contributed by atoms with van der Waals surface area (Å²) >= 11 is 0. The molecule has 1 aliphatic rings. The first-order chi connectivity index (χ1) is 5.29. The zero-order chi connectivity index (χ0) is 8.27. The number of rotatable bonds is 1. The molecule has 11 heavy (non-hydrogen) atoms. The lowest BCUT2D eigenvalue weighted by Gasteiger charge is -2.22. The second-order valence-corrected chi connectivity index (χ2v) is 2.45. The quantitative estimate of drug-likeness (QED) is 0.551. The summed E-state index contributed by atoms with van der Waals surface area (Å²) in [5.74, 6) is 0. The highest BCUT2D eigenvalue weighted by molar-refractivity contribution is 5.36. The van der Waals surface area contributed by atoms with Gasteiger partial charge in [-0.2, -0.15) is 0 Å². The lowest BCUT2D eigenvalue weighted by Crippen LogP contribution is -2.11. The summed E-state index contributed by atoms with van der Waals surface area (Å²) < 4.78 is 0. The highest BCUT2D eigenvalue weighted by atomic mass is 15.1. The molecule has 0 aromatic carbocycles. The van der Waals surface area contributed by atoms with Gasteiger partial charge in [0, 0.05) is 18.1 Å². The van der Waals surface area contributed by atoms with Crippen molar-refractivity contribution in [1.29, 1.82) is 0 Å². The number of hydrogen-bond donors (Lipinski definition) is 0. The maximum Gasteiger partial charge on any atom is 0.0435 e. The van der Waals surface area contributed by atoms with E-state index in [4.69, 9.17) is 0 Å². The largest absolute Gasteiger partial charge is 0.325 e. The van der Waals surface area contributed by atoms with Gasteiger partial charge in [-0.05, 0) is 25.5 Å². The van der Waals surface area contributed by atoms with Crippen LogP contribution in [0, 0.1) is 0 Å². The fourth-order valence-corrected chi connectivity index (χ4v) is 1.19. The molecule has 0 N–H and O–H groups in total. The molecule has 0 amide bonds. The molecule has 1 nitrogen and oxygen atoms in total. The zero-order valence-electron chi connectivity index (χ0n) is 7.04. The van der Waals surface area contributed by atoms with Crippen molar-refractivity contribution < 1.29 is 0 Å². The van der Waals surface area contributed by atoms with Gasteiger partial charge in [-0.1, -0.05) is 18.7 Å². The molecule has 1 aliphatic heterocycles. The van der Waals surface area contributed by atoms with Crippen LogP contribution in [0.2, 0.25) is 0 Å². The van der Waals surface area contributed by atoms with Crippen molar-refractivity contribution in [2.75, 3.05) is 0 Å². The third kappa shape index (κ3) is 1.43. The van der Waals surface area contributed by atoms with Gasteiger partial charge in [0.1, 0.15) is 0 Å². The second kappa shape index (κ2) is 3.24. The summed E-state index contributed by atoms with van der Waals surface area (Å²) in [5, 5.41) is 0. The van der Waals surface area contributed by atoms with Crippen LogP contribution in [0.4, 0.5) is 0 Å².